The molecule has 1 aliphatic heterocycles. The number of fused-ring (bicyclic) bond motifs is 2. The number of allylic oxidation sites excluding steroid dienone is 1. The van der Waals surface area contributed by atoms with E-state index in [2.05, 4.69) is 6.92 Å². The molecule has 0 bridgehead atoms. The van der Waals surface area contributed by atoms with E-state index >= 15 is 0 Å². The summed E-state index contributed by atoms with van der Waals surface area (Å²) < 4.78 is 5.56. The summed E-state index contributed by atoms with van der Waals surface area (Å²) in [4.78, 5) is 32.5. The third kappa shape index (κ3) is 3.70. The predicted molar refractivity (Wildman–Crippen MR) is 124 cm³/mol. The molecule has 6 nitrogen and oxygen atoms in total. The van der Waals surface area contributed by atoms with E-state index in [9.17, 15) is 9.59 Å². The lowest BCUT2D eigenvalue weighted by Crippen LogP contribution is -2.44. The molecule has 1 aromatic carbocycles. The number of rotatable bonds is 3. The Morgan fingerprint density at radius 2 is 2.03 bits per heavy atom. The number of carbonyl (C=O) groups is 2. The van der Waals surface area contributed by atoms with Crippen LogP contribution in [0.4, 0.5) is 0 Å². The summed E-state index contributed by atoms with van der Waals surface area (Å²) in [5.41, 5.74) is 10.0. The number of para-hydroxylation sites is 1. The van der Waals surface area contributed by atoms with Crippen LogP contribution in [0.1, 0.15) is 53.6 Å². The van der Waals surface area contributed by atoms with Gasteiger partial charge in [-0.1, -0.05) is 25.1 Å². The Bertz CT molecular complexity index is 1210. The smallest absolute Gasteiger partial charge is 0.254 e. The van der Waals surface area contributed by atoms with Crippen molar-refractivity contribution in [1.82, 2.24) is 9.88 Å². The van der Waals surface area contributed by atoms with Crippen LogP contribution in [0.15, 0.2) is 47.1 Å². The third-order valence-electron chi connectivity index (χ3n) is 6.60. The van der Waals surface area contributed by atoms with Gasteiger partial charge >= 0.3 is 0 Å². The van der Waals surface area contributed by atoms with Crippen molar-refractivity contribution < 1.29 is 14.0 Å². The summed E-state index contributed by atoms with van der Waals surface area (Å²) >= 11 is 0. The quantitative estimate of drug-likeness (QED) is 0.673. The fourth-order valence-corrected chi connectivity index (χ4v) is 5.08. The number of pyridine rings is 1. The number of hydrogen-bond donors (Lipinski definition) is 1. The number of nitrogens with zero attached hydrogens (tertiary/aromatic N) is 2. The molecule has 32 heavy (non-hydrogen) atoms. The summed E-state index contributed by atoms with van der Waals surface area (Å²) in [6, 6.07) is 11.6. The van der Waals surface area contributed by atoms with Gasteiger partial charge in [-0.05, 0) is 67.0 Å². The molecule has 2 aromatic heterocycles. The standard InChI is InChI=1S/C26H27N3O3/c1-16-12-18(14-19-7-5-11-32-19)24-21(13-16)23(20-8-2-3-9-22(20)28-24)26(31)29-10-4-6-17(15-29)25(27)30/h2-3,5,7-9,11,14,16-17H,4,6,10,12-13,15H2,1H3,(H2,27,30). The van der Waals surface area contributed by atoms with Gasteiger partial charge in [0.1, 0.15) is 5.76 Å². The van der Waals surface area contributed by atoms with Gasteiger partial charge in [-0.3, -0.25) is 9.59 Å². The number of carbonyl (C=O) groups excluding carboxylic acids is 2. The van der Waals surface area contributed by atoms with Crippen molar-refractivity contribution in [3.63, 3.8) is 0 Å². The highest BCUT2D eigenvalue weighted by atomic mass is 16.3. The average Bonchev–Trinajstić information content (AvgIpc) is 3.30. The Morgan fingerprint density at radius 1 is 1.19 bits per heavy atom. The van der Waals surface area contributed by atoms with Gasteiger partial charge in [-0.15, -0.1) is 0 Å². The number of nitrogens with two attached hydrogens (primary N) is 1. The van der Waals surface area contributed by atoms with Crippen molar-refractivity contribution >= 4 is 34.4 Å². The van der Waals surface area contributed by atoms with Crippen LogP contribution in [0.3, 0.4) is 0 Å². The molecule has 5 rings (SSSR count). The zero-order valence-electron chi connectivity index (χ0n) is 18.2. The van der Waals surface area contributed by atoms with Crippen LogP contribution in [0.2, 0.25) is 0 Å². The van der Waals surface area contributed by atoms with Gasteiger partial charge in [0.2, 0.25) is 5.91 Å². The fraction of sp³-hybridized carbons (Fsp3) is 0.346. The minimum Gasteiger partial charge on any atom is -0.465 e. The van der Waals surface area contributed by atoms with Crippen LogP contribution in [0.5, 0.6) is 0 Å². The largest absolute Gasteiger partial charge is 0.465 e. The molecule has 1 aliphatic carbocycles. The first-order chi connectivity index (χ1) is 15.5. The molecule has 2 atom stereocenters. The molecule has 3 aromatic rings. The van der Waals surface area contributed by atoms with Gasteiger partial charge in [-0.2, -0.15) is 0 Å². The second-order valence-electron chi connectivity index (χ2n) is 9.02. The molecule has 1 fully saturated rings. The molecule has 0 spiro atoms. The van der Waals surface area contributed by atoms with Gasteiger partial charge in [0.25, 0.3) is 5.91 Å². The second kappa shape index (κ2) is 8.26. The summed E-state index contributed by atoms with van der Waals surface area (Å²) in [7, 11) is 0. The number of amides is 2. The Hall–Kier alpha value is -3.41. The SMILES string of the molecule is CC1CC(=Cc2ccco2)c2nc3ccccc3c(C(=O)N3CCCC(C(N)=O)C3)c2C1. The lowest BCUT2D eigenvalue weighted by molar-refractivity contribution is -0.123. The molecule has 1 saturated heterocycles. The highest BCUT2D eigenvalue weighted by Gasteiger charge is 2.33. The van der Waals surface area contributed by atoms with Crippen LogP contribution in [0.25, 0.3) is 22.6 Å². The zero-order chi connectivity index (χ0) is 22.2. The minimum atomic E-state index is -0.332. The van der Waals surface area contributed by atoms with E-state index in [1.165, 1.54) is 0 Å². The van der Waals surface area contributed by atoms with Crippen molar-refractivity contribution in [3.05, 3.63) is 65.2 Å². The minimum absolute atomic E-state index is 0.0303. The van der Waals surface area contributed by atoms with Crippen molar-refractivity contribution in [2.24, 2.45) is 17.6 Å². The van der Waals surface area contributed by atoms with Crippen LogP contribution >= 0.6 is 0 Å². The summed E-state index contributed by atoms with van der Waals surface area (Å²) in [5, 5.41) is 0.865. The molecular formula is C26H27N3O3. The summed E-state index contributed by atoms with van der Waals surface area (Å²) in [6.45, 7) is 3.22. The van der Waals surface area contributed by atoms with Crippen LogP contribution in [-0.4, -0.2) is 34.8 Å². The number of furan rings is 1. The molecule has 2 aliphatic rings. The van der Waals surface area contributed by atoms with Gasteiger partial charge < -0.3 is 15.1 Å². The van der Waals surface area contributed by atoms with Crippen molar-refractivity contribution in [1.29, 1.82) is 0 Å². The number of likely N-dealkylation sites (tertiary alicyclic amines) is 1. The van der Waals surface area contributed by atoms with Crippen molar-refractivity contribution in [3.8, 4) is 0 Å². The normalized spacial score (nSPS) is 22.2. The molecule has 0 saturated carbocycles. The fourth-order valence-electron chi connectivity index (χ4n) is 5.08. The molecular weight excluding hydrogens is 402 g/mol. The van der Waals surface area contributed by atoms with Gasteiger partial charge in [0.05, 0.1) is 29.0 Å². The number of hydrogen-bond acceptors (Lipinski definition) is 4. The topological polar surface area (TPSA) is 89.4 Å². The summed E-state index contributed by atoms with van der Waals surface area (Å²) in [5.74, 6) is 0.504. The number of primary amides is 1. The highest BCUT2D eigenvalue weighted by molar-refractivity contribution is 6.09. The zero-order valence-corrected chi connectivity index (χ0v) is 18.2. The Morgan fingerprint density at radius 3 is 2.81 bits per heavy atom. The number of aromatic nitrogens is 1. The van der Waals surface area contributed by atoms with E-state index < -0.39 is 0 Å². The molecule has 2 N–H and O–H groups in total. The Kier molecular flexibility index (Phi) is 5.29. The second-order valence-corrected chi connectivity index (χ2v) is 9.02. The third-order valence-corrected chi connectivity index (χ3v) is 6.60. The maximum Gasteiger partial charge on any atom is 0.254 e. The van der Waals surface area contributed by atoms with E-state index in [0.29, 0.717) is 24.6 Å². The summed E-state index contributed by atoms with van der Waals surface area (Å²) in [6.07, 6.45) is 6.88. The Balaban J connectivity index is 1.66. The number of benzene rings is 1. The van der Waals surface area contributed by atoms with Crippen LogP contribution in [-0.2, 0) is 11.2 Å². The molecule has 3 heterocycles. The monoisotopic (exact) mass is 429 g/mol. The van der Waals surface area contributed by atoms with Gasteiger partial charge in [0.15, 0.2) is 0 Å². The first-order valence-electron chi connectivity index (χ1n) is 11.3. The first-order valence-corrected chi connectivity index (χ1v) is 11.3. The van der Waals surface area contributed by atoms with Crippen LogP contribution < -0.4 is 5.73 Å². The molecule has 164 valence electrons. The van der Waals surface area contributed by atoms with Crippen molar-refractivity contribution in [2.45, 2.75) is 32.6 Å². The lowest BCUT2D eigenvalue weighted by Gasteiger charge is -2.33. The Labute approximate surface area is 187 Å². The molecule has 6 heteroatoms. The average molecular weight is 430 g/mol. The van der Waals surface area contributed by atoms with E-state index in [-0.39, 0.29) is 17.7 Å². The highest BCUT2D eigenvalue weighted by Crippen LogP contribution is 2.39. The lowest BCUT2D eigenvalue weighted by atomic mass is 9.80. The van der Waals surface area contributed by atoms with E-state index in [4.69, 9.17) is 15.1 Å². The van der Waals surface area contributed by atoms with Gasteiger partial charge in [0, 0.05) is 18.5 Å². The molecule has 2 unspecified atom stereocenters. The molecule has 0 radical (unpaired) electrons. The van der Waals surface area contributed by atoms with E-state index in [0.717, 1.165) is 59.2 Å². The predicted octanol–water partition coefficient (Wildman–Crippen LogP) is 4.29. The maximum absolute atomic E-state index is 13.9. The first kappa shape index (κ1) is 20.5. The van der Waals surface area contributed by atoms with Gasteiger partial charge in [-0.25, -0.2) is 4.98 Å². The number of piperidine rings is 1. The van der Waals surface area contributed by atoms with E-state index in [1.807, 2.05) is 42.5 Å². The van der Waals surface area contributed by atoms with Crippen molar-refractivity contribution in [2.75, 3.05) is 13.1 Å². The molecule has 2 amide bonds. The maximum atomic E-state index is 13.9. The van der Waals surface area contributed by atoms with E-state index in [1.54, 1.807) is 11.2 Å². The van der Waals surface area contributed by atoms with Crippen LogP contribution in [0, 0.1) is 11.8 Å².